The van der Waals surface area contributed by atoms with Crippen LogP contribution < -0.4 is 5.32 Å². The van der Waals surface area contributed by atoms with Crippen molar-refractivity contribution < 1.29 is 24.5 Å². The van der Waals surface area contributed by atoms with Crippen LogP contribution in [0.15, 0.2) is 12.2 Å². The summed E-state index contributed by atoms with van der Waals surface area (Å²) in [6.07, 6.45) is 73.7. The van der Waals surface area contributed by atoms with E-state index in [9.17, 15) is 19.8 Å². The molecule has 6 heteroatoms. The monoisotopic (exact) mass is 1000 g/mol. The molecule has 3 N–H and O–H groups in total. The van der Waals surface area contributed by atoms with Crippen LogP contribution in [0.25, 0.3) is 0 Å². The molecule has 0 aliphatic heterocycles. The maximum Gasteiger partial charge on any atom is 0.305 e. The van der Waals surface area contributed by atoms with Crippen LogP contribution in [0.3, 0.4) is 0 Å². The predicted molar refractivity (Wildman–Crippen MR) is 310 cm³/mol. The third-order valence-electron chi connectivity index (χ3n) is 15.3. The first-order valence-corrected chi connectivity index (χ1v) is 32.4. The third kappa shape index (κ3) is 57.7. The van der Waals surface area contributed by atoms with E-state index in [1.54, 1.807) is 0 Å². The first-order valence-electron chi connectivity index (χ1n) is 32.4. The zero-order valence-electron chi connectivity index (χ0n) is 48.2. The quantitative estimate of drug-likeness (QED) is 0.0320. The summed E-state index contributed by atoms with van der Waals surface area (Å²) in [5, 5.41) is 23.4. The highest BCUT2D eigenvalue weighted by Crippen LogP contribution is 2.18. The predicted octanol–water partition coefficient (Wildman–Crippen LogP) is 20.4. The molecule has 1 amide bonds. The molecule has 0 aliphatic rings. The summed E-state index contributed by atoms with van der Waals surface area (Å²) in [4.78, 5) is 24.5. The van der Waals surface area contributed by atoms with Gasteiger partial charge in [-0.25, -0.2) is 0 Å². The SMILES string of the molecule is CCCCCCCCCCCCCCCCCCCCCCCCCCC(O)C(CO)NC(=O)CCCCCCC/C=C\CCCCCCCCCCCOC(=O)CCCCCCCCCCCCCC. The van der Waals surface area contributed by atoms with Gasteiger partial charge in [0.1, 0.15) is 0 Å². The summed E-state index contributed by atoms with van der Waals surface area (Å²) in [6.45, 7) is 4.97. The van der Waals surface area contributed by atoms with E-state index in [0.717, 1.165) is 57.8 Å². The Morgan fingerprint density at radius 3 is 1.00 bits per heavy atom. The smallest absolute Gasteiger partial charge is 0.305 e. The molecular formula is C65H127NO5. The summed E-state index contributed by atoms with van der Waals surface area (Å²) < 4.78 is 5.47. The lowest BCUT2D eigenvalue weighted by Crippen LogP contribution is -2.45. The Balaban J connectivity index is 3.44. The van der Waals surface area contributed by atoms with Gasteiger partial charge in [0.2, 0.25) is 5.91 Å². The van der Waals surface area contributed by atoms with E-state index in [-0.39, 0.29) is 18.5 Å². The second kappa shape index (κ2) is 61.1. The molecule has 71 heavy (non-hydrogen) atoms. The third-order valence-corrected chi connectivity index (χ3v) is 15.3. The average molecular weight is 1000 g/mol. The van der Waals surface area contributed by atoms with E-state index in [1.165, 1.54) is 276 Å². The van der Waals surface area contributed by atoms with Gasteiger partial charge in [-0.1, -0.05) is 315 Å². The lowest BCUT2D eigenvalue weighted by atomic mass is 10.0. The number of nitrogens with one attached hydrogen (secondary N) is 1. The first-order chi connectivity index (χ1) is 35.0. The van der Waals surface area contributed by atoms with E-state index in [4.69, 9.17) is 4.74 Å². The fourth-order valence-electron chi connectivity index (χ4n) is 10.3. The Kier molecular flexibility index (Phi) is 59.9. The maximum atomic E-state index is 12.5. The number of carbonyl (C=O) groups excluding carboxylic acids is 2. The van der Waals surface area contributed by atoms with E-state index in [1.807, 2.05) is 0 Å². The normalized spacial score (nSPS) is 12.6. The zero-order valence-corrected chi connectivity index (χ0v) is 48.2. The van der Waals surface area contributed by atoms with Gasteiger partial charge in [-0.05, 0) is 51.4 Å². The summed E-state index contributed by atoms with van der Waals surface area (Å²) >= 11 is 0. The van der Waals surface area contributed by atoms with Crippen molar-refractivity contribution in [3.63, 3.8) is 0 Å². The molecule has 0 aromatic carbocycles. The second-order valence-corrected chi connectivity index (χ2v) is 22.5. The molecule has 0 rings (SSSR count). The van der Waals surface area contributed by atoms with E-state index in [0.29, 0.717) is 25.9 Å². The molecule has 0 bridgehead atoms. The summed E-state index contributed by atoms with van der Waals surface area (Å²) in [5.41, 5.74) is 0. The van der Waals surface area contributed by atoms with Gasteiger partial charge in [0, 0.05) is 12.8 Å². The van der Waals surface area contributed by atoms with Crippen molar-refractivity contribution in [2.24, 2.45) is 0 Å². The molecule has 0 fully saturated rings. The highest BCUT2D eigenvalue weighted by molar-refractivity contribution is 5.76. The second-order valence-electron chi connectivity index (χ2n) is 22.5. The fourth-order valence-corrected chi connectivity index (χ4v) is 10.3. The molecule has 6 nitrogen and oxygen atoms in total. The van der Waals surface area contributed by atoms with Crippen molar-refractivity contribution >= 4 is 11.9 Å². The van der Waals surface area contributed by atoms with Crippen molar-refractivity contribution in [2.75, 3.05) is 13.2 Å². The van der Waals surface area contributed by atoms with Gasteiger partial charge in [-0.3, -0.25) is 9.59 Å². The molecule has 0 aromatic rings. The summed E-state index contributed by atoms with van der Waals surface area (Å²) in [7, 11) is 0. The minimum atomic E-state index is -0.673. The highest BCUT2D eigenvalue weighted by atomic mass is 16.5. The van der Waals surface area contributed by atoms with Crippen LogP contribution in [-0.2, 0) is 14.3 Å². The molecule has 0 heterocycles. The van der Waals surface area contributed by atoms with Gasteiger partial charge in [0.15, 0.2) is 0 Å². The van der Waals surface area contributed by atoms with Gasteiger partial charge in [0.05, 0.1) is 25.4 Å². The number of hydrogen-bond donors (Lipinski definition) is 3. The fraction of sp³-hybridized carbons (Fsp3) is 0.938. The van der Waals surface area contributed by atoms with Gasteiger partial charge in [-0.15, -0.1) is 0 Å². The van der Waals surface area contributed by atoms with Gasteiger partial charge >= 0.3 is 5.97 Å². The van der Waals surface area contributed by atoms with Crippen molar-refractivity contribution in [1.29, 1.82) is 0 Å². The first kappa shape index (κ1) is 69.6. The topological polar surface area (TPSA) is 95.9 Å². The lowest BCUT2D eigenvalue weighted by Gasteiger charge is -2.22. The number of allylic oxidation sites excluding steroid dienone is 2. The number of aliphatic hydroxyl groups is 2. The molecule has 0 saturated carbocycles. The number of rotatable bonds is 61. The number of hydrogen-bond acceptors (Lipinski definition) is 5. The Morgan fingerprint density at radius 2 is 0.662 bits per heavy atom. The van der Waals surface area contributed by atoms with Crippen LogP contribution in [0.5, 0.6) is 0 Å². The van der Waals surface area contributed by atoms with Crippen molar-refractivity contribution in [3.8, 4) is 0 Å². The lowest BCUT2D eigenvalue weighted by molar-refractivity contribution is -0.143. The van der Waals surface area contributed by atoms with Gasteiger partial charge in [-0.2, -0.15) is 0 Å². The number of ether oxygens (including phenoxy) is 1. The molecule has 0 aliphatic carbocycles. The Hall–Kier alpha value is -1.40. The Bertz CT molecular complexity index is 1060. The molecule has 0 aromatic heterocycles. The highest BCUT2D eigenvalue weighted by Gasteiger charge is 2.20. The summed E-state index contributed by atoms with van der Waals surface area (Å²) in [5.74, 6) is -0.0399. The van der Waals surface area contributed by atoms with Gasteiger partial charge in [0.25, 0.3) is 0 Å². The van der Waals surface area contributed by atoms with Crippen LogP contribution in [0, 0.1) is 0 Å². The molecule has 0 radical (unpaired) electrons. The molecular weight excluding hydrogens is 875 g/mol. The molecule has 2 unspecified atom stereocenters. The van der Waals surface area contributed by atoms with E-state index >= 15 is 0 Å². The Labute approximate surface area is 444 Å². The van der Waals surface area contributed by atoms with E-state index < -0.39 is 12.1 Å². The van der Waals surface area contributed by atoms with Crippen molar-refractivity contribution in [3.05, 3.63) is 12.2 Å². The Morgan fingerprint density at radius 1 is 0.380 bits per heavy atom. The average Bonchev–Trinajstić information content (AvgIpc) is 3.37. The van der Waals surface area contributed by atoms with Crippen molar-refractivity contribution in [1.82, 2.24) is 5.32 Å². The summed E-state index contributed by atoms with van der Waals surface area (Å²) in [6, 6.07) is -0.552. The van der Waals surface area contributed by atoms with Crippen LogP contribution in [0.2, 0.25) is 0 Å². The van der Waals surface area contributed by atoms with Gasteiger partial charge < -0.3 is 20.3 Å². The molecule has 0 saturated heterocycles. The minimum absolute atomic E-state index is 0.00477. The zero-order chi connectivity index (χ0) is 51.4. The number of carbonyl (C=O) groups is 2. The molecule has 422 valence electrons. The minimum Gasteiger partial charge on any atom is -0.466 e. The standard InChI is InChI=1S/C65H127NO5/c1-3-5-7-9-11-13-15-17-18-19-20-21-22-23-24-25-28-31-34-37-41-45-49-53-57-63(68)62(61-67)66-64(69)58-54-50-46-42-38-35-32-29-26-27-30-33-36-40-44-48-52-56-60-71-65(70)59-55-51-47-43-39-16-14-12-10-8-6-4-2/h29,32,62-63,67-68H,3-28,30-31,33-61H2,1-2H3,(H,66,69)/b32-29-. The van der Waals surface area contributed by atoms with Crippen LogP contribution >= 0.6 is 0 Å². The maximum absolute atomic E-state index is 12.5. The number of amides is 1. The largest absolute Gasteiger partial charge is 0.466 e. The van der Waals surface area contributed by atoms with Crippen molar-refractivity contribution in [2.45, 2.75) is 379 Å². The molecule has 2 atom stereocenters. The van der Waals surface area contributed by atoms with Crippen LogP contribution in [0.4, 0.5) is 0 Å². The number of unbranched alkanes of at least 4 members (excludes halogenated alkanes) is 48. The van der Waals surface area contributed by atoms with Crippen LogP contribution in [0.1, 0.15) is 367 Å². The number of aliphatic hydroxyl groups excluding tert-OH is 2. The van der Waals surface area contributed by atoms with Crippen LogP contribution in [-0.4, -0.2) is 47.4 Å². The van der Waals surface area contributed by atoms with E-state index in [2.05, 4.69) is 31.3 Å². The molecule has 0 spiro atoms. The number of esters is 1.